The topological polar surface area (TPSA) is 64.1 Å². The minimum absolute atomic E-state index is 0.0963. The van der Waals surface area contributed by atoms with Crippen molar-refractivity contribution in [3.05, 3.63) is 0 Å². The molecule has 1 aliphatic rings. The Hall–Kier alpha value is -1.30. The average Bonchev–Trinajstić information content (AvgIpc) is 2.45. The van der Waals surface area contributed by atoms with Crippen molar-refractivity contribution in [3.63, 3.8) is 0 Å². The summed E-state index contributed by atoms with van der Waals surface area (Å²) in [6, 6.07) is 0.0963. The Morgan fingerprint density at radius 2 is 1.80 bits per heavy atom. The van der Waals surface area contributed by atoms with Gasteiger partial charge in [-0.3, -0.25) is 9.69 Å². The van der Waals surface area contributed by atoms with E-state index >= 15 is 0 Å². The first-order valence-electron chi connectivity index (χ1n) is 7.48. The summed E-state index contributed by atoms with van der Waals surface area (Å²) < 4.78 is 0. The molecule has 0 unspecified atom stereocenters. The summed E-state index contributed by atoms with van der Waals surface area (Å²) in [5, 5.41) is 8.66. The van der Waals surface area contributed by atoms with Gasteiger partial charge in [0.05, 0.1) is 6.42 Å². The quantitative estimate of drug-likeness (QED) is 0.717. The third-order valence-corrected chi connectivity index (χ3v) is 3.71. The summed E-state index contributed by atoms with van der Waals surface area (Å²) in [5.41, 5.74) is 0. The van der Waals surface area contributed by atoms with E-state index in [9.17, 15) is 9.59 Å². The highest BCUT2D eigenvalue weighted by Gasteiger charge is 2.23. The molecule has 6 heteroatoms. The standard InChI is InChI=1S/C14H27N3O3/c1-3-4-5-7-15(2)14(20)17-11-9-16(10-12-17)8-6-13(18)19/h3-12H2,1-2H3,(H,18,19). The number of rotatable bonds is 7. The summed E-state index contributed by atoms with van der Waals surface area (Å²) in [4.78, 5) is 28.5. The number of carbonyl (C=O) groups excluding carboxylic acids is 1. The van der Waals surface area contributed by atoms with Crippen LogP contribution in [0.3, 0.4) is 0 Å². The average molecular weight is 285 g/mol. The van der Waals surface area contributed by atoms with E-state index in [2.05, 4.69) is 11.8 Å². The van der Waals surface area contributed by atoms with Crippen LogP contribution in [0.15, 0.2) is 0 Å². The van der Waals surface area contributed by atoms with Crippen LogP contribution in [0.5, 0.6) is 0 Å². The van der Waals surface area contributed by atoms with Crippen molar-refractivity contribution in [2.45, 2.75) is 32.6 Å². The number of aliphatic carboxylic acids is 1. The fourth-order valence-corrected chi connectivity index (χ4v) is 2.35. The second kappa shape index (κ2) is 8.79. The van der Waals surface area contributed by atoms with Crippen molar-refractivity contribution in [1.82, 2.24) is 14.7 Å². The molecule has 0 aromatic heterocycles. The number of hydrogen-bond donors (Lipinski definition) is 1. The third-order valence-electron chi connectivity index (χ3n) is 3.71. The maximum atomic E-state index is 12.2. The number of hydrogen-bond acceptors (Lipinski definition) is 3. The Morgan fingerprint density at radius 1 is 1.15 bits per heavy atom. The predicted molar refractivity (Wildman–Crippen MR) is 77.8 cm³/mol. The Bertz CT molecular complexity index is 315. The number of carboxylic acid groups (broad SMARTS) is 1. The van der Waals surface area contributed by atoms with Crippen LogP contribution in [0, 0.1) is 0 Å². The van der Waals surface area contributed by atoms with Gasteiger partial charge in [-0.1, -0.05) is 19.8 Å². The first-order valence-corrected chi connectivity index (χ1v) is 7.48. The molecule has 0 aromatic rings. The Balaban J connectivity index is 2.26. The molecule has 2 amide bonds. The van der Waals surface area contributed by atoms with Crippen LogP contribution in [0.1, 0.15) is 32.6 Å². The van der Waals surface area contributed by atoms with Gasteiger partial charge in [-0.15, -0.1) is 0 Å². The first kappa shape index (κ1) is 16.8. The molecule has 1 saturated heterocycles. The largest absolute Gasteiger partial charge is 0.481 e. The number of unbranched alkanes of at least 4 members (excludes halogenated alkanes) is 2. The SMILES string of the molecule is CCCCCN(C)C(=O)N1CCN(CCC(=O)O)CC1. The number of carbonyl (C=O) groups is 2. The summed E-state index contributed by atoms with van der Waals surface area (Å²) in [5.74, 6) is -0.765. The molecule has 0 bridgehead atoms. The number of carboxylic acids is 1. The van der Waals surface area contributed by atoms with E-state index in [1.54, 1.807) is 4.90 Å². The number of piperazine rings is 1. The van der Waals surface area contributed by atoms with E-state index in [4.69, 9.17) is 5.11 Å². The molecule has 0 saturated carbocycles. The van der Waals surface area contributed by atoms with Gasteiger partial charge in [0.2, 0.25) is 0 Å². The molecule has 1 fully saturated rings. The first-order chi connectivity index (χ1) is 9.54. The van der Waals surface area contributed by atoms with E-state index in [0.717, 1.165) is 38.9 Å². The molecule has 0 aliphatic carbocycles. The van der Waals surface area contributed by atoms with Crippen molar-refractivity contribution in [3.8, 4) is 0 Å². The zero-order chi connectivity index (χ0) is 15.0. The summed E-state index contributed by atoms with van der Waals surface area (Å²) in [6.07, 6.45) is 3.53. The zero-order valence-corrected chi connectivity index (χ0v) is 12.7. The highest BCUT2D eigenvalue weighted by molar-refractivity contribution is 5.74. The molecular formula is C14H27N3O3. The molecule has 116 valence electrons. The Morgan fingerprint density at radius 3 is 2.35 bits per heavy atom. The molecule has 0 spiro atoms. The lowest BCUT2D eigenvalue weighted by molar-refractivity contribution is -0.137. The van der Waals surface area contributed by atoms with Gasteiger partial charge in [0.25, 0.3) is 0 Å². The molecule has 1 N–H and O–H groups in total. The normalized spacial score (nSPS) is 16.2. The molecule has 6 nitrogen and oxygen atoms in total. The highest BCUT2D eigenvalue weighted by atomic mass is 16.4. The number of nitrogens with zero attached hydrogens (tertiary/aromatic N) is 3. The van der Waals surface area contributed by atoms with Crippen molar-refractivity contribution in [2.75, 3.05) is 46.3 Å². The van der Waals surface area contributed by atoms with Crippen molar-refractivity contribution >= 4 is 12.0 Å². The minimum Gasteiger partial charge on any atom is -0.481 e. The molecule has 0 radical (unpaired) electrons. The smallest absolute Gasteiger partial charge is 0.319 e. The van der Waals surface area contributed by atoms with E-state index in [1.807, 2.05) is 11.9 Å². The van der Waals surface area contributed by atoms with Crippen molar-refractivity contribution in [2.24, 2.45) is 0 Å². The van der Waals surface area contributed by atoms with Gasteiger partial charge in [0.1, 0.15) is 0 Å². The molecule has 1 aliphatic heterocycles. The van der Waals surface area contributed by atoms with Crippen LogP contribution in [0.4, 0.5) is 4.79 Å². The van der Waals surface area contributed by atoms with Gasteiger partial charge in [-0.25, -0.2) is 4.79 Å². The van der Waals surface area contributed by atoms with Gasteiger partial charge in [-0.2, -0.15) is 0 Å². The summed E-state index contributed by atoms with van der Waals surface area (Å²) in [6.45, 7) is 6.45. The van der Waals surface area contributed by atoms with Gasteiger partial charge >= 0.3 is 12.0 Å². The van der Waals surface area contributed by atoms with Crippen LogP contribution in [-0.2, 0) is 4.79 Å². The fourth-order valence-electron chi connectivity index (χ4n) is 2.35. The van der Waals surface area contributed by atoms with Gasteiger partial charge in [0, 0.05) is 46.3 Å². The maximum absolute atomic E-state index is 12.2. The van der Waals surface area contributed by atoms with E-state index < -0.39 is 5.97 Å². The van der Waals surface area contributed by atoms with E-state index in [-0.39, 0.29) is 12.5 Å². The molecule has 0 aromatic carbocycles. The van der Waals surface area contributed by atoms with Gasteiger partial charge in [0.15, 0.2) is 0 Å². The molecule has 20 heavy (non-hydrogen) atoms. The highest BCUT2D eigenvalue weighted by Crippen LogP contribution is 2.06. The second-order valence-electron chi connectivity index (χ2n) is 5.38. The van der Waals surface area contributed by atoms with E-state index in [1.165, 1.54) is 0 Å². The molecule has 1 rings (SSSR count). The molecular weight excluding hydrogens is 258 g/mol. The fraction of sp³-hybridized carbons (Fsp3) is 0.857. The van der Waals surface area contributed by atoms with Crippen LogP contribution in [0.25, 0.3) is 0 Å². The number of amides is 2. The second-order valence-corrected chi connectivity index (χ2v) is 5.38. The van der Waals surface area contributed by atoms with Crippen LogP contribution < -0.4 is 0 Å². The van der Waals surface area contributed by atoms with Crippen LogP contribution in [0.2, 0.25) is 0 Å². The summed E-state index contributed by atoms with van der Waals surface area (Å²) >= 11 is 0. The predicted octanol–water partition coefficient (Wildman–Crippen LogP) is 1.32. The lowest BCUT2D eigenvalue weighted by Gasteiger charge is -2.36. The van der Waals surface area contributed by atoms with Crippen molar-refractivity contribution < 1.29 is 14.7 Å². The van der Waals surface area contributed by atoms with E-state index in [0.29, 0.717) is 19.6 Å². The molecule has 0 atom stereocenters. The third kappa shape index (κ3) is 5.77. The lowest BCUT2D eigenvalue weighted by Crippen LogP contribution is -2.52. The van der Waals surface area contributed by atoms with Crippen LogP contribution >= 0.6 is 0 Å². The zero-order valence-electron chi connectivity index (χ0n) is 12.7. The number of urea groups is 1. The summed E-state index contributed by atoms with van der Waals surface area (Å²) in [7, 11) is 1.86. The lowest BCUT2D eigenvalue weighted by atomic mass is 10.2. The van der Waals surface area contributed by atoms with Gasteiger partial charge < -0.3 is 14.9 Å². The Labute approximate surface area is 121 Å². The monoisotopic (exact) mass is 285 g/mol. The van der Waals surface area contributed by atoms with Crippen molar-refractivity contribution in [1.29, 1.82) is 0 Å². The minimum atomic E-state index is -0.765. The maximum Gasteiger partial charge on any atom is 0.319 e. The molecule has 1 heterocycles. The van der Waals surface area contributed by atoms with Gasteiger partial charge in [-0.05, 0) is 6.42 Å². The Kier molecular flexibility index (Phi) is 7.36. The van der Waals surface area contributed by atoms with Crippen LogP contribution in [-0.4, -0.2) is 78.1 Å².